The standard InChI is InChI=1S/C12H16N2O5/c1-3-18-10(15)7-13-11(16)8(2)14-12(17)9-5-4-6-19-9/h4-6,8H,3,7H2,1-2H3,(H,13,16)(H,14,17). The van der Waals surface area contributed by atoms with E-state index in [0.717, 1.165) is 0 Å². The van der Waals surface area contributed by atoms with Crippen LogP contribution in [-0.2, 0) is 14.3 Å². The molecule has 0 fully saturated rings. The second-order valence-corrected chi connectivity index (χ2v) is 3.70. The summed E-state index contributed by atoms with van der Waals surface area (Å²) in [6.45, 7) is 3.19. The van der Waals surface area contributed by atoms with Gasteiger partial charge in [-0.25, -0.2) is 0 Å². The molecule has 104 valence electrons. The van der Waals surface area contributed by atoms with Crippen LogP contribution in [0.4, 0.5) is 0 Å². The van der Waals surface area contributed by atoms with Gasteiger partial charge in [-0.2, -0.15) is 0 Å². The molecule has 0 aliphatic carbocycles. The zero-order valence-corrected chi connectivity index (χ0v) is 10.8. The topological polar surface area (TPSA) is 97.6 Å². The molecule has 0 spiro atoms. The van der Waals surface area contributed by atoms with Gasteiger partial charge in [0.2, 0.25) is 5.91 Å². The zero-order chi connectivity index (χ0) is 14.3. The van der Waals surface area contributed by atoms with Crippen LogP contribution in [0.5, 0.6) is 0 Å². The average Bonchev–Trinajstić information content (AvgIpc) is 2.90. The van der Waals surface area contributed by atoms with E-state index < -0.39 is 23.8 Å². The highest BCUT2D eigenvalue weighted by Crippen LogP contribution is 1.99. The molecule has 0 aliphatic heterocycles. The van der Waals surface area contributed by atoms with Crippen molar-refractivity contribution in [3.8, 4) is 0 Å². The first-order valence-corrected chi connectivity index (χ1v) is 5.82. The van der Waals surface area contributed by atoms with E-state index in [1.165, 1.54) is 19.3 Å². The number of amides is 2. The Morgan fingerprint density at radius 1 is 1.42 bits per heavy atom. The number of hydrogen-bond acceptors (Lipinski definition) is 5. The molecule has 1 aromatic rings. The minimum Gasteiger partial charge on any atom is -0.465 e. The molecule has 0 aliphatic rings. The SMILES string of the molecule is CCOC(=O)CNC(=O)C(C)NC(=O)c1ccco1. The first-order valence-electron chi connectivity index (χ1n) is 5.82. The van der Waals surface area contributed by atoms with E-state index in [1.54, 1.807) is 13.0 Å². The molecule has 2 N–H and O–H groups in total. The Kier molecular flexibility index (Phi) is 5.59. The Morgan fingerprint density at radius 2 is 2.16 bits per heavy atom. The summed E-state index contributed by atoms with van der Waals surface area (Å²) in [7, 11) is 0. The molecule has 19 heavy (non-hydrogen) atoms. The van der Waals surface area contributed by atoms with Crippen LogP contribution in [0.25, 0.3) is 0 Å². The summed E-state index contributed by atoms with van der Waals surface area (Å²) in [5.74, 6) is -1.39. The number of rotatable bonds is 6. The monoisotopic (exact) mass is 268 g/mol. The molecule has 2 amide bonds. The van der Waals surface area contributed by atoms with Crippen molar-refractivity contribution in [2.45, 2.75) is 19.9 Å². The fraction of sp³-hybridized carbons (Fsp3) is 0.417. The number of carbonyl (C=O) groups is 3. The molecule has 1 heterocycles. The highest BCUT2D eigenvalue weighted by Gasteiger charge is 2.18. The molecule has 1 atom stereocenters. The van der Waals surface area contributed by atoms with Gasteiger partial charge in [0.25, 0.3) is 5.91 Å². The first kappa shape index (κ1) is 14.7. The van der Waals surface area contributed by atoms with Crippen molar-refractivity contribution in [3.63, 3.8) is 0 Å². The van der Waals surface area contributed by atoms with Gasteiger partial charge in [-0.15, -0.1) is 0 Å². The number of nitrogens with one attached hydrogen (secondary N) is 2. The second-order valence-electron chi connectivity index (χ2n) is 3.70. The van der Waals surface area contributed by atoms with Gasteiger partial charge in [-0.05, 0) is 26.0 Å². The zero-order valence-electron chi connectivity index (χ0n) is 10.8. The quantitative estimate of drug-likeness (QED) is 0.712. The minimum atomic E-state index is -0.785. The van der Waals surface area contributed by atoms with Gasteiger partial charge >= 0.3 is 5.97 Å². The van der Waals surface area contributed by atoms with Gasteiger partial charge in [-0.3, -0.25) is 14.4 Å². The Morgan fingerprint density at radius 3 is 2.74 bits per heavy atom. The molecular formula is C12H16N2O5. The average molecular weight is 268 g/mol. The molecular weight excluding hydrogens is 252 g/mol. The number of hydrogen-bond donors (Lipinski definition) is 2. The molecule has 0 saturated carbocycles. The van der Waals surface area contributed by atoms with Gasteiger partial charge in [-0.1, -0.05) is 0 Å². The molecule has 1 rings (SSSR count). The van der Waals surface area contributed by atoms with Crippen LogP contribution in [0.15, 0.2) is 22.8 Å². The Labute approximate surface area is 110 Å². The number of ether oxygens (including phenoxy) is 1. The lowest BCUT2D eigenvalue weighted by molar-refractivity contribution is -0.143. The maximum absolute atomic E-state index is 11.6. The van der Waals surface area contributed by atoms with Gasteiger partial charge in [0.1, 0.15) is 12.6 Å². The highest BCUT2D eigenvalue weighted by atomic mass is 16.5. The maximum atomic E-state index is 11.6. The summed E-state index contributed by atoms with van der Waals surface area (Å²) in [4.78, 5) is 34.2. The van der Waals surface area contributed by atoms with E-state index in [1.807, 2.05) is 0 Å². The Bertz CT molecular complexity index is 441. The van der Waals surface area contributed by atoms with Crippen LogP contribution in [0.1, 0.15) is 24.4 Å². The van der Waals surface area contributed by atoms with Crippen LogP contribution >= 0.6 is 0 Å². The van der Waals surface area contributed by atoms with Gasteiger partial charge in [0, 0.05) is 0 Å². The fourth-order valence-electron chi connectivity index (χ4n) is 1.27. The third-order valence-corrected chi connectivity index (χ3v) is 2.20. The molecule has 7 nitrogen and oxygen atoms in total. The maximum Gasteiger partial charge on any atom is 0.325 e. The lowest BCUT2D eigenvalue weighted by Gasteiger charge is -2.12. The third kappa shape index (κ3) is 4.82. The van der Waals surface area contributed by atoms with Crippen LogP contribution < -0.4 is 10.6 Å². The summed E-state index contributed by atoms with van der Waals surface area (Å²) in [6, 6.07) is 2.27. The molecule has 1 aromatic heterocycles. The fourth-order valence-corrected chi connectivity index (χ4v) is 1.27. The van der Waals surface area contributed by atoms with E-state index >= 15 is 0 Å². The van der Waals surface area contributed by atoms with Gasteiger partial charge in [0.15, 0.2) is 5.76 Å². The summed E-state index contributed by atoms with van der Waals surface area (Å²) >= 11 is 0. The third-order valence-electron chi connectivity index (χ3n) is 2.20. The predicted octanol–water partition coefficient (Wildman–Crippen LogP) is 0.0772. The van der Waals surface area contributed by atoms with Crippen molar-refractivity contribution in [3.05, 3.63) is 24.2 Å². The molecule has 1 unspecified atom stereocenters. The smallest absolute Gasteiger partial charge is 0.325 e. The summed E-state index contributed by atoms with van der Waals surface area (Å²) < 4.78 is 9.54. The minimum absolute atomic E-state index is 0.116. The van der Waals surface area contributed by atoms with Crippen LogP contribution in [0.2, 0.25) is 0 Å². The lowest BCUT2D eigenvalue weighted by Crippen LogP contribution is -2.46. The van der Waals surface area contributed by atoms with Crippen LogP contribution in [0, 0.1) is 0 Å². The molecule has 7 heteroatoms. The number of carbonyl (C=O) groups excluding carboxylic acids is 3. The van der Waals surface area contributed by atoms with E-state index in [2.05, 4.69) is 15.4 Å². The van der Waals surface area contributed by atoms with Crippen LogP contribution in [0.3, 0.4) is 0 Å². The lowest BCUT2D eigenvalue weighted by atomic mass is 10.3. The predicted molar refractivity (Wildman–Crippen MR) is 65.3 cm³/mol. The molecule has 0 radical (unpaired) electrons. The van der Waals surface area contributed by atoms with E-state index in [9.17, 15) is 14.4 Å². The van der Waals surface area contributed by atoms with Gasteiger partial charge < -0.3 is 19.8 Å². The van der Waals surface area contributed by atoms with Crippen molar-refractivity contribution in [2.75, 3.05) is 13.2 Å². The first-order chi connectivity index (χ1) is 9.04. The van der Waals surface area contributed by atoms with E-state index in [4.69, 9.17) is 4.42 Å². The number of furan rings is 1. The molecule has 0 aromatic carbocycles. The Hall–Kier alpha value is -2.31. The van der Waals surface area contributed by atoms with Crippen molar-refractivity contribution in [1.82, 2.24) is 10.6 Å². The van der Waals surface area contributed by atoms with Gasteiger partial charge in [0.05, 0.1) is 12.9 Å². The van der Waals surface area contributed by atoms with Crippen molar-refractivity contribution in [2.24, 2.45) is 0 Å². The van der Waals surface area contributed by atoms with Crippen LogP contribution in [-0.4, -0.2) is 37.0 Å². The highest BCUT2D eigenvalue weighted by molar-refractivity contribution is 5.95. The van der Waals surface area contributed by atoms with Crippen molar-refractivity contribution >= 4 is 17.8 Å². The summed E-state index contributed by atoms with van der Waals surface area (Å²) in [5, 5.41) is 4.80. The van der Waals surface area contributed by atoms with E-state index in [0.29, 0.717) is 0 Å². The molecule has 0 saturated heterocycles. The second kappa shape index (κ2) is 7.20. The Balaban J connectivity index is 2.36. The summed E-state index contributed by atoms with van der Waals surface area (Å²) in [6.07, 6.45) is 1.36. The largest absolute Gasteiger partial charge is 0.465 e. The normalized spacial score (nSPS) is 11.5. The van der Waals surface area contributed by atoms with E-state index in [-0.39, 0.29) is 18.9 Å². The molecule has 0 bridgehead atoms. The number of esters is 1. The van der Waals surface area contributed by atoms with Crippen molar-refractivity contribution < 1.29 is 23.5 Å². The van der Waals surface area contributed by atoms with Crippen molar-refractivity contribution in [1.29, 1.82) is 0 Å². The summed E-state index contributed by atoms with van der Waals surface area (Å²) in [5.41, 5.74) is 0.